The molecule has 17 heavy (non-hydrogen) atoms. The molecule has 2 nitrogen and oxygen atoms in total. The van der Waals surface area contributed by atoms with Crippen LogP contribution in [0.4, 0.5) is 8.78 Å². The first kappa shape index (κ1) is 10.7. The number of alkyl halides is 2. The van der Waals surface area contributed by atoms with E-state index in [1.165, 1.54) is 6.26 Å². The molecule has 1 fully saturated rings. The zero-order valence-corrected chi connectivity index (χ0v) is 9.25. The van der Waals surface area contributed by atoms with Crippen LogP contribution >= 0.6 is 0 Å². The van der Waals surface area contributed by atoms with Crippen molar-refractivity contribution in [2.24, 2.45) is 5.92 Å². The fraction of sp³-hybridized carbons (Fsp3) is 0.385. The second-order valence-electron chi connectivity index (χ2n) is 4.46. The average Bonchev–Trinajstić information content (AvgIpc) is 2.99. The van der Waals surface area contributed by atoms with Gasteiger partial charge in [0.15, 0.2) is 0 Å². The summed E-state index contributed by atoms with van der Waals surface area (Å²) in [7, 11) is 0. The summed E-state index contributed by atoms with van der Waals surface area (Å²) < 4.78 is 33.8. The molecule has 0 radical (unpaired) electrons. The Morgan fingerprint density at radius 1 is 1.29 bits per heavy atom. The minimum absolute atomic E-state index is 0.0156. The first-order chi connectivity index (χ1) is 8.19. The van der Waals surface area contributed by atoms with E-state index < -0.39 is 11.8 Å². The predicted molar refractivity (Wildman–Crippen MR) is 61.1 cm³/mol. The molecule has 1 atom stereocenters. The van der Waals surface area contributed by atoms with Gasteiger partial charge in [0, 0.05) is 17.8 Å². The Morgan fingerprint density at radius 3 is 2.88 bits per heavy atom. The highest BCUT2D eigenvalue weighted by Gasteiger charge is 2.44. The fourth-order valence-electron chi connectivity index (χ4n) is 2.42. The van der Waals surface area contributed by atoms with Crippen molar-refractivity contribution >= 4 is 11.0 Å². The van der Waals surface area contributed by atoms with Crippen LogP contribution in [-0.4, -0.2) is 13.1 Å². The van der Waals surface area contributed by atoms with Gasteiger partial charge in [0.2, 0.25) is 0 Å². The van der Waals surface area contributed by atoms with E-state index in [2.05, 4.69) is 5.32 Å². The van der Waals surface area contributed by atoms with Gasteiger partial charge in [-0.1, -0.05) is 18.2 Å². The molecule has 1 aliphatic heterocycles. The Hall–Kier alpha value is -1.42. The third-order valence-corrected chi connectivity index (χ3v) is 3.41. The van der Waals surface area contributed by atoms with Gasteiger partial charge in [-0.3, -0.25) is 0 Å². The molecule has 2 aromatic rings. The van der Waals surface area contributed by atoms with Gasteiger partial charge in [-0.05, 0) is 19.0 Å². The molecule has 0 amide bonds. The zero-order valence-electron chi connectivity index (χ0n) is 9.25. The fourth-order valence-corrected chi connectivity index (χ4v) is 2.42. The van der Waals surface area contributed by atoms with E-state index in [4.69, 9.17) is 4.42 Å². The molecule has 2 heterocycles. The van der Waals surface area contributed by atoms with Gasteiger partial charge < -0.3 is 9.73 Å². The quantitative estimate of drug-likeness (QED) is 0.868. The Bertz CT molecular complexity index is 529. The van der Waals surface area contributed by atoms with Crippen molar-refractivity contribution < 1.29 is 13.2 Å². The maximum absolute atomic E-state index is 14.3. The monoisotopic (exact) mass is 237 g/mol. The van der Waals surface area contributed by atoms with E-state index in [-0.39, 0.29) is 5.56 Å². The lowest BCUT2D eigenvalue weighted by Crippen LogP contribution is -2.27. The summed E-state index contributed by atoms with van der Waals surface area (Å²) in [6, 6.07) is 6.93. The number of rotatable bonds is 2. The van der Waals surface area contributed by atoms with Crippen molar-refractivity contribution in [1.29, 1.82) is 0 Å². The summed E-state index contributed by atoms with van der Waals surface area (Å²) in [5.41, 5.74) is 0.537. The van der Waals surface area contributed by atoms with E-state index >= 15 is 0 Å². The molecule has 0 bridgehead atoms. The Labute approximate surface area is 97.6 Å². The topological polar surface area (TPSA) is 25.2 Å². The third-order valence-electron chi connectivity index (χ3n) is 3.41. The molecule has 0 spiro atoms. The molecule has 3 rings (SSSR count). The molecule has 1 aromatic carbocycles. The number of fused-ring (bicyclic) bond motifs is 1. The summed E-state index contributed by atoms with van der Waals surface area (Å²) in [5.74, 6) is -3.46. The van der Waals surface area contributed by atoms with Gasteiger partial charge in [0.1, 0.15) is 11.8 Å². The highest BCUT2D eigenvalue weighted by atomic mass is 19.3. The molecule has 90 valence electrons. The second kappa shape index (κ2) is 3.81. The van der Waals surface area contributed by atoms with E-state index in [9.17, 15) is 8.78 Å². The third kappa shape index (κ3) is 1.63. The molecule has 1 aromatic heterocycles. The minimum Gasteiger partial charge on any atom is -0.464 e. The molecule has 1 unspecified atom stereocenters. The molecule has 1 saturated heterocycles. The lowest BCUT2D eigenvalue weighted by molar-refractivity contribution is -0.0567. The van der Waals surface area contributed by atoms with Crippen molar-refractivity contribution in [3.05, 3.63) is 36.1 Å². The van der Waals surface area contributed by atoms with Crippen molar-refractivity contribution in [1.82, 2.24) is 5.32 Å². The minimum atomic E-state index is -2.82. The molecular weight excluding hydrogens is 224 g/mol. The molecular formula is C13H13F2NO. The van der Waals surface area contributed by atoms with Gasteiger partial charge in [0.25, 0.3) is 5.92 Å². The number of benzene rings is 1. The van der Waals surface area contributed by atoms with Crippen LogP contribution in [0.5, 0.6) is 0 Å². The maximum Gasteiger partial charge on any atom is 0.280 e. The standard InChI is InChI=1S/C13H13F2NO/c14-13(15,9-5-6-16-7-9)11-8-17-12-4-2-1-3-10(11)12/h1-4,8-9,16H,5-7H2. The molecule has 1 aliphatic rings. The Balaban J connectivity index is 2.07. The van der Waals surface area contributed by atoms with Crippen LogP contribution in [0.3, 0.4) is 0 Å². The van der Waals surface area contributed by atoms with Crippen LogP contribution in [0.15, 0.2) is 34.9 Å². The van der Waals surface area contributed by atoms with Gasteiger partial charge in [-0.2, -0.15) is 0 Å². The Kier molecular flexibility index (Phi) is 2.40. The number of hydrogen-bond donors (Lipinski definition) is 1. The van der Waals surface area contributed by atoms with Crippen LogP contribution in [0.25, 0.3) is 11.0 Å². The van der Waals surface area contributed by atoms with Crippen LogP contribution < -0.4 is 5.32 Å². The lowest BCUT2D eigenvalue weighted by Gasteiger charge is -2.21. The summed E-state index contributed by atoms with van der Waals surface area (Å²) in [6.07, 6.45) is 1.70. The first-order valence-corrected chi connectivity index (χ1v) is 5.75. The number of para-hydroxylation sites is 1. The number of furan rings is 1. The van der Waals surface area contributed by atoms with Gasteiger partial charge in [0.05, 0.1) is 5.56 Å². The van der Waals surface area contributed by atoms with Crippen molar-refractivity contribution in [2.75, 3.05) is 13.1 Å². The smallest absolute Gasteiger partial charge is 0.280 e. The van der Waals surface area contributed by atoms with Crippen LogP contribution in [0, 0.1) is 5.92 Å². The number of nitrogens with one attached hydrogen (secondary N) is 1. The second-order valence-corrected chi connectivity index (χ2v) is 4.46. The number of hydrogen-bond acceptors (Lipinski definition) is 2. The molecule has 4 heteroatoms. The normalized spacial score (nSPS) is 21.2. The Morgan fingerprint density at radius 2 is 2.12 bits per heavy atom. The molecule has 0 aliphatic carbocycles. The number of halogens is 2. The van der Waals surface area contributed by atoms with E-state index in [1.54, 1.807) is 24.3 Å². The average molecular weight is 237 g/mol. The van der Waals surface area contributed by atoms with Crippen molar-refractivity contribution in [3.8, 4) is 0 Å². The maximum atomic E-state index is 14.3. The summed E-state index contributed by atoms with van der Waals surface area (Å²) >= 11 is 0. The van der Waals surface area contributed by atoms with E-state index in [1.807, 2.05) is 0 Å². The van der Waals surface area contributed by atoms with Crippen LogP contribution in [0.2, 0.25) is 0 Å². The highest BCUT2D eigenvalue weighted by molar-refractivity contribution is 5.81. The summed E-state index contributed by atoms with van der Waals surface area (Å²) in [6.45, 7) is 1.03. The largest absolute Gasteiger partial charge is 0.464 e. The van der Waals surface area contributed by atoms with Gasteiger partial charge in [-0.25, -0.2) is 8.78 Å². The summed E-state index contributed by atoms with van der Waals surface area (Å²) in [4.78, 5) is 0. The zero-order chi connectivity index (χ0) is 11.9. The predicted octanol–water partition coefficient (Wildman–Crippen LogP) is 3.13. The summed E-state index contributed by atoms with van der Waals surface area (Å²) in [5, 5.41) is 3.50. The van der Waals surface area contributed by atoms with Crippen LogP contribution in [0.1, 0.15) is 12.0 Å². The van der Waals surface area contributed by atoms with E-state index in [0.29, 0.717) is 30.5 Å². The van der Waals surface area contributed by atoms with E-state index in [0.717, 1.165) is 0 Å². The SMILES string of the molecule is FC(F)(c1coc2ccccc12)C1CCNC1. The van der Waals surface area contributed by atoms with Gasteiger partial charge >= 0.3 is 0 Å². The first-order valence-electron chi connectivity index (χ1n) is 5.75. The highest BCUT2D eigenvalue weighted by Crippen LogP contribution is 2.42. The van der Waals surface area contributed by atoms with Crippen molar-refractivity contribution in [3.63, 3.8) is 0 Å². The van der Waals surface area contributed by atoms with Crippen molar-refractivity contribution in [2.45, 2.75) is 12.3 Å². The van der Waals surface area contributed by atoms with Crippen LogP contribution in [-0.2, 0) is 5.92 Å². The lowest BCUT2D eigenvalue weighted by atomic mass is 9.93. The molecule has 1 N–H and O–H groups in total. The van der Waals surface area contributed by atoms with Gasteiger partial charge in [-0.15, -0.1) is 0 Å². The molecule has 0 saturated carbocycles.